The lowest BCUT2D eigenvalue weighted by molar-refractivity contribution is 0.0950. The molecule has 0 aliphatic heterocycles. The van der Waals surface area contributed by atoms with Crippen molar-refractivity contribution < 1.29 is 9.53 Å². The maximum Gasteiger partial charge on any atom is 0.251 e. The lowest BCUT2D eigenvalue weighted by atomic mass is 10.1. The van der Waals surface area contributed by atoms with Crippen molar-refractivity contribution in [3.63, 3.8) is 0 Å². The predicted octanol–water partition coefficient (Wildman–Crippen LogP) is 4.87. The first-order valence-corrected chi connectivity index (χ1v) is 9.25. The van der Waals surface area contributed by atoms with Crippen LogP contribution in [0.2, 0.25) is 0 Å². The lowest BCUT2D eigenvalue weighted by Crippen LogP contribution is -2.22. The molecule has 5 nitrogen and oxygen atoms in total. The number of amides is 1. The van der Waals surface area contributed by atoms with E-state index in [0.29, 0.717) is 23.7 Å². The van der Waals surface area contributed by atoms with E-state index in [1.807, 2.05) is 60.7 Å². The molecule has 4 aromatic rings. The average molecular weight is 381 g/mol. The number of benzene rings is 3. The SMILES string of the molecule is O=C(NCc1ccccc1)c1cccc(Oc2cc(-c3ccccc3)ncn2)c1. The first-order valence-electron chi connectivity index (χ1n) is 9.25. The maximum atomic E-state index is 12.5. The molecule has 0 saturated carbocycles. The molecule has 0 fully saturated rings. The Labute approximate surface area is 169 Å². The molecule has 0 bridgehead atoms. The summed E-state index contributed by atoms with van der Waals surface area (Å²) >= 11 is 0. The Morgan fingerprint density at radius 1 is 0.828 bits per heavy atom. The van der Waals surface area contributed by atoms with E-state index in [2.05, 4.69) is 15.3 Å². The number of ether oxygens (including phenoxy) is 1. The van der Waals surface area contributed by atoms with Crippen LogP contribution in [0, 0.1) is 0 Å². The first kappa shape index (κ1) is 18.4. The highest BCUT2D eigenvalue weighted by molar-refractivity contribution is 5.94. The van der Waals surface area contributed by atoms with Gasteiger partial charge in [-0.25, -0.2) is 9.97 Å². The van der Waals surface area contributed by atoms with Gasteiger partial charge in [-0.3, -0.25) is 4.79 Å². The van der Waals surface area contributed by atoms with Crippen LogP contribution in [0.15, 0.2) is 97.3 Å². The zero-order chi connectivity index (χ0) is 19.9. The minimum Gasteiger partial charge on any atom is -0.439 e. The summed E-state index contributed by atoms with van der Waals surface area (Å²) in [6, 6.07) is 28.4. The Kier molecular flexibility index (Phi) is 5.58. The molecular formula is C24H19N3O2. The van der Waals surface area contributed by atoms with Crippen molar-refractivity contribution in [2.45, 2.75) is 6.54 Å². The van der Waals surface area contributed by atoms with Gasteiger partial charge >= 0.3 is 0 Å². The van der Waals surface area contributed by atoms with Gasteiger partial charge in [-0.1, -0.05) is 66.7 Å². The fraction of sp³-hybridized carbons (Fsp3) is 0.0417. The van der Waals surface area contributed by atoms with Crippen LogP contribution in [0.3, 0.4) is 0 Å². The van der Waals surface area contributed by atoms with Crippen molar-refractivity contribution in [3.05, 3.63) is 108 Å². The number of rotatable bonds is 6. The van der Waals surface area contributed by atoms with Crippen molar-refractivity contribution in [2.75, 3.05) is 0 Å². The van der Waals surface area contributed by atoms with E-state index in [0.717, 1.165) is 16.8 Å². The van der Waals surface area contributed by atoms with Gasteiger partial charge in [0.15, 0.2) is 0 Å². The monoisotopic (exact) mass is 381 g/mol. The molecule has 29 heavy (non-hydrogen) atoms. The van der Waals surface area contributed by atoms with Gasteiger partial charge in [0.05, 0.1) is 5.69 Å². The smallest absolute Gasteiger partial charge is 0.251 e. The highest BCUT2D eigenvalue weighted by Crippen LogP contribution is 2.24. The standard InChI is InChI=1S/C24H19N3O2/c28-24(25-16-18-8-3-1-4-9-18)20-12-7-13-21(14-20)29-23-15-22(26-17-27-23)19-10-5-2-6-11-19/h1-15,17H,16H2,(H,25,28). The number of hydrogen-bond donors (Lipinski definition) is 1. The highest BCUT2D eigenvalue weighted by atomic mass is 16.5. The Bertz CT molecular complexity index is 1100. The molecule has 0 unspecified atom stereocenters. The summed E-state index contributed by atoms with van der Waals surface area (Å²) in [5.74, 6) is 0.794. The average Bonchev–Trinajstić information content (AvgIpc) is 2.79. The van der Waals surface area contributed by atoms with E-state index in [1.165, 1.54) is 6.33 Å². The molecule has 1 N–H and O–H groups in total. The van der Waals surface area contributed by atoms with Crippen LogP contribution in [0.4, 0.5) is 0 Å². The van der Waals surface area contributed by atoms with Crippen LogP contribution in [-0.2, 0) is 6.54 Å². The number of aromatic nitrogens is 2. The minimum absolute atomic E-state index is 0.160. The van der Waals surface area contributed by atoms with E-state index in [9.17, 15) is 4.79 Å². The normalized spacial score (nSPS) is 10.3. The van der Waals surface area contributed by atoms with Crippen LogP contribution < -0.4 is 10.1 Å². The zero-order valence-electron chi connectivity index (χ0n) is 15.7. The van der Waals surface area contributed by atoms with E-state index in [4.69, 9.17) is 4.74 Å². The van der Waals surface area contributed by atoms with Gasteiger partial charge in [0, 0.05) is 23.7 Å². The first-order chi connectivity index (χ1) is 14.3. The zero-order valence-corrected chi connectivity index (χ0v) is 15.7. The summed E-state index contributed by atoms with van der Waals surface area (Å²) in [5, 5.41) is 2.92. The summed E-state index contributed by atoms with van der Waals surface area (Å²) in [6.07, 6.45) is 1.47. The lowest BCUT2D eigenvalue weighted by Gasteiger charge is -2.09. The Morgan fingerprint density at radius 2 is 1.59 bits per heavy atom. The van der Waals surface area contributed by atoms with Crippen molar-refractivity contribution in [1.82, 2.24) is 15.3 Å². The van der Waals surface area contributed by atoms with Gasteiger partial charge in [-0.2, -0.15) is 0 Å². The van der Waals surface area contributed by atoms with Crippen LogP contribution in [0.1, 0.15) is 15.9 Å². The fourth-order valence-corrected chi connectivity index (χ4v) is 2.86. The maximum absolute atomic E-state index is 12.5. The highest BCUT2D eigenvalue weighted by Gasteiger charge is 2.08. The molecule has 4 rings (SSSR count). The van der Waals surface area contributed by atoms with Gasteiger partial charge in [0.1, 0.15) is 12.1 Å². The third-order valence-electron chi connectivity index (χ3n) is 4.33. The van der Waals surface area contributed by atoms with Crippen LogP contribution >= 0.6 is 0 Å². The van der Waals surface area contributed by atoms with Gasteiger partial charge < -0.3 is 10.1 Å². The van der Waals surface area contributed by atoms with Crippen LogP contribution in [0.25, 0.3) is 11.3 Å². The summed E-state index contributed by atoms with van der Waals surface area (Å²) in [7, 11) is 0. The van der Waals surface area contributed by atoms with Crippen molar-refractivity contribution in [1.29, 1.82) is 0 Å². The number of nitrogens with zero attached hydrogens (tertiary/aromatic N) is 2. The quantitative estimate of drug-likeness (QED) is 0.518. The molecule has 0 saturated heterocycles. The van der Waals surface area contributed by atoms with Gasteiger partial charge in [-0.15, -0.1) is 0 Å². The number of nitrogens with one attached hydrogen (secondary N) is 1. The third-order valence-corrected chi connectivity index (χ3v) is 4.33. The molecule has 1 amide bonds. The Balaban J connectivity index is 1.46. The predicted molar refractivity (Wildman–Crippen MR) is 112 cm³/mol. The van der Waals surface area contributed by atoms with Crippen LogP contribution in [-0.4, -0.2) is 15.9 Å². The Morgan fingerprint density at radius 3 is 2.38 bits per heavy atom. The summed E-state index contributed by atoms with van der Waals surface area (Å²) in [4.78, 5) is 20.9. The van der Waals surface area contributed by atoms with Gasteiger partial charge in [0.2, 0.25) is 5.88 Å². The molecule has 0 atom stereocenters. The minimum atomic E-state index is -0.160. The molecule has 3 aromatic carbocycles. The van der Waals surface area contributed by atoms with Gasteiger partial charge in [-0.05, 0) is 23.8 Å². The molecule has 1 heterocycles. The molecule has 0 aliphatic carbocycles. The number of hydrogen-bond acceptors (Lipinski definition) is 4. The second kappa shape index (κ2) is 8.80. The van der Waals surface area contributed by atoms with E-state index in [1.54, 1.807) is 30.3 Å². The van der Waals surface area contributed by atoms with Gasteiger partial charge in [0.25, 0.3) is 5.91 Å². The van der Waals surface area contributed by atoms with Crippen LogP contribution in [0.5, 0.6) is 11.6 Å². The molecule has 5 heteroatoms. The third kappa shape index (κ3) is 4.84. The summed E-state index contributed by atoms with van der Waals surface area (Å²) in [6.45, 7) is 0.469. The second-order valence-electron chi connectivity index (χ2n) is 6.41. The summed E-state index contributed by atoms with van der Waals surface area (Å²) in [5.41, 5.74) is 3.32. The molecular weight excluding hydrogens is 362 g/mol. The van der Waals surface area contributed by atoms with E-state index in [-0.39, 0.29) is 5.91 Å². The van der Waals surface area contributed by atoms with Crippen molar-refractivity contribution in [3.8, 4) is 22.9 Å². The fourth-order valence-electron chi connectivity index (χ4n) is 2.86. The van der Waals surface area contributed by atoms with Crippen molar-refractivity contribution in [2.24, 2.45) is 0 Å². The molecule has 0 spiro atoms. The molecule has 0 radical (unpaired) electrons. The largest absolute Gasteiger partial charge is 0.439 e. The Hall–Kier alpha value is -3.99. The topological polar surface area (TPSA) is 64.1 Å². The number of carbonyl (C=O) groups is 1. The van der Waals surface area contributed by atoms with Crippen molar-refractivity contribution >= 4 is 5.91 Å². The molecule has 142 valence electrons. The second-order valence-corrected chi connectivity index (χ2v) is 6.41. The molecule has 0 aliphatic rings. The number of carbonyl (C=O) groups excluding carboxylic acids is 1. The van der Waals surface area contributed by atoms with E-state index >= 15 is 0 Å². The van der Waals surface area contributed by atoms with E-state index < -0.39 is 0 Å². The summed E-state index contributed by atoms with van der Waals surface area (Å²) < 4.78 is 5.86. The molecule has 1 aromatic heterocycles.